The molecule has 1 unspecified atom stereocenters. The maximum Gasteiger partial charge on any atom is 0.167 e. The Kier molecular flexibility index (Phi) is 5.59. The van der Waals surface area contributed by atoms with E-state index in [1.165, 1.54) is 5.56 Å². The van der Waals surface area contributed by atoms with Gasteiger partial charge in [0.2, 0.25) is 0 Å². The molecule has 0 radical (unpaired) electrons. The molecule has 0 amide bonds. The van der Waals surface area contributed by atoms with Gasteiger partial charge in [-0.15, -0.1) is 0 Å². The number of nitrogens with one attached hydrogen (secondary N) is 2. The predicted octanol–water partition coefficient (Wildman–Crippen LogP) is 3.28. The highest BCUT2D eigenvalue weighted by Gasteiger charge is 2.10. The maximum absolute atomic E-state index is 6.12. The Morgan fingerprint density at radius 2 is 2.10 bits per heavy atom. The van der Waals surface area contributed by atoms with Gasteiger partial charge in [-0.05, 0) is 31.6 Å². The van der Waals surface area contributed by atoms with Crippen molar-refractivity contribution in [1.29, 1.82) is 0 Å². The highest BCUT2D eigenvalue weighted by atomic mass is 35.5. The second-order valence-corrected chi connectivity index (χ2v) is 5.53. The van der Waals surface area contributed by atoms with Crippen molar-refractivity contribution in [2.45, 2.75) is 33.0 Å². The molecule has 1 atom stereocenters. The van der Waals surface area contributed by atoms with Crippen molar-refractivity contribution in [1.82, 2.24) is 20.4 Å². The molecule has 0 bridgehead atoms. The van der Waals surface area contributed by atoms with Crippen LogP contribution < -0.4 is 10.6 Å². The van der Waals surface area contributed by atoms with E-state index in [0.717, 1.165) is 12.2 Å². The zero-order valence-electron chi connectivity index (χ0n) is 12.1. The third kappa shape index (κ3) is 4.19. The molecular formula is C15H19ClN4S. The average Bonchev–Trinajstić information content (AvgIpc) is 2.86. The summed E-state index contributed by atoms with van der Waals surface area (Å²) in [6.45, 7) is 5.44. The van der Waals surface area contributed by atoms with Crippen LogP contribution in [0.1, 0.15) is 31.1 Å². The Labute approximate surface area is 135 Å². The van der Waals surface area contributed by atoms with Crippen LogP contribution in [0.15, 0.2) is 36.5 Å². The lowest BCUT2D eigenvalue weighted by Crippen LogP contribution is -2.36. The van der Waals surface area contributed by atoms with E-state index in [4.69, 9.17) is 23.8 Å². The normalized spacial score (nSPS) is 12.0. The molecule has 0 fully saturated rings. The van der Waals surface area contributed by atoms with E-state index in [1.807, 2.05) is 29.8 Å². The van der Waals surface area contributed by atoms with Crippen molar-refractivity contribution in [3.63, 3.8) is 0 Å². The summed E-state index contributed by atoms with van der Waals surface area (Å²) < 4.78 is 1.86. The van der Waals surface area contributed by atoms with Gasteiger partial charge in [0, 0.05) is 6.54 Å². The van der Waals surface area contributed by atoms with Crippen LogP contribution in [0.5, 0.6) is 0 Å². The zero-order valence-corrected chi connectivity index (χ0v) is 13.7. The molecule has 112 valence electrons. The van der Waals surface area contributed by atoms with Crippen LogP contribution in [0, 0.1) is 0 Å². The van der Waals surface area contributed by atoms with Crippen molar-refractivity contribution in [3.05, 3.63) is 52.8 Å². The summed E-state index contributed by atoms with van der Waals surface area (Å²) in [5, 5.41) is 11.9. The first-order chi connectivity index (χ1) is 10.1. The highest BCUT2D eigenvalue weighted by Crippen LogP contribution is 2.15. The standard InChI is InChI=1S/C15H19ClN4S/c1-3-20-14(13(16)9-18-20)10-17-15(21)19-11(2)12-7-5-4-6-8-12/h4-9,11H,3,10H2,1-2H3,(H2,17,19,21). The fraction of sp³-hybridized carbons (Fsp3) is 0.333. The third-order valence-corrected chi connectivity index (χ3v) is 3.84. The monoisotopic (exact) mass is 322 g/mol. The molecular weight excluding hydrogens is 304 g/mol. The predicted molar refractivity (Wildman–Crippen MR) is 90.3 cm³/mol. The molecule has 2 rings (SSSR count). The zero-order chi connectivity index (χ0) is 15.2. The Morgan fingerprint density at radius 3 is 2.76 bits per heavy atom. The Bertz CT molecular complexity index is 597. The smallest absolute Gasteiger partial charge is 0.167 e. The van der Waals surface area contributed by atoms with Crippen LogP contribution in [0.4, 0.5) is 0 Å². The molecule has 2 aromatic rings. The lowest BCUT2D eigenvalue weighted by molar-refractivity contribution is 0.608. The molecule has 0 saturated carbocycles. The van der Waals surface area contributed by atoms with Gasteiger partial charge >= 0.3 is 0 Å². The highest BCUT2D eigenvalue weighted by molar-refractivity contribution is 7.80. The van der Waals surface area contributed by atoms with Crippen LogP contribution in [0.3, 0.4) is 0 Å². The minimum atomic E-state index is 0.151. The number of aryl methyl sites for hydroxylation is 1. The van der Waals surface area contributed by atoms with Gasteiger partial charge in [-0.2, -0.15) is 5.10 Å². The molecule has 0 spiro atoms. The number of hydrogen-bond donors (Lipinski definition) is 2. The molecule has 0 aliphatic rings. The second-order valence-electron chi connectivity index (χ2n) is 4.71. The lowest BCUT2D eigenvalue weighted by atomic mass is 10.1. The lowest BCUT2D eigenvalue weighted by Gasteiger charge is -2.17. The molecule has 21 heavy (non-hydrogen) atoms. The van der Waals surface area contributed by atoms with Gasteiger partial charge in [0.05, 0.1) is 29.5 Å². The summed E-state index contributed by atoms with van der Waals surface area (Å²) >= 11 is 11.5. The van der Waals surface area contributed by atoms with Crippen molar-refractivity contribution in [2.24, 2.45) is 0 Å². The van der Waals surface area contributed by atoms with Crippen molar-refractivity contribution in [3.8, 4) is 0 Å². The molecule has 2 N–H and O–H groups in total. The number of benzene rings is 1. The molecule has 0 aliphatic heterocycles. The van der Waals surface area contributed by atoms with Crippen molar-refractivity contribution >= 4 is 28.9 Å². The average molecular weight is 323 g/mol. The number of halogens is 1. The SMILES string of the molecule is CCn1ncc(Cl)c1CNC(=S)NC(C)c1ccccc1. The Hall–Kier alpha value is -1.59. The van der Waals surface area contributed by atoms with Gasteiger partial charge in [0.25, 0.3) is 0 Å². The van der Waals surface area contributed by atoms with E-state index in [-0.39, 0.29) is 6.04 Å². The summed E-state index contributed by atoms with van der Waals surface area (Å²) in [5.41, 5.74) is 2.13. The van der Waals surface area contributed by atoms with Gasteiger partial charge < -0.3 is 10.6 Å². The number of aromatic nitrogens is 2. The van der Waals surface area contributed by atoms with Crippen LogP contribution >= 0.6 is 23.8 Å². The molecule has 4 nitrogen and oxygen atoms in total. The van der Waals surface area contributed by atoms with E-state index in [2.05, 4.69) is 34.8 Å². The van der Waals surface area contributed by atoms with E-state index in [1.54, 1.807) is 6.20 Å². The second kappa shape index (κ2) is 7.43. The van der Waals surface area contributed by atoms with Crippen molar-refractivity contribution < 1.29 is 0 Å². The Balaban J connectivity index is 1.89. The van der Waals surface area contributed by atoms with Crippen LogP contribution in [-0.2, 0) is 13.1 Å². The minimum Gasteiger partial charge on any atom is -0.357 e. The van der Waals surface area contributed by atoms with Gasteiger partial charge in [-0.1, -0.05) is 41.9 Å². The van der Waals surface area contributed by atoms with E-state index in [9.17, 15) is 0 Å². The summed E-state index contributed by atoms with van der Waals surface area (Å²) in [7, 11) is 0. The van der Waals surface area contributed by atoms with Crippen LogP contribution in [-0.4, -0.2) is 14.9 Å². The summed E-state index contributed by atoms with van der Waals surface area (Å²) in [4.78, 5) is 0. The number of nitrogens with zero attached hydrogens (tertiary/aromatic N) is 2. The summed E-state index contributed by atoms with van der Waals surface area (Å²) in [6.07, 6.45) is 1.66. The van der Waals surface area contributed by atoms with Gasteiger partial charge in [-0.3, -0.25) is 4.68 Å². The van der Waals surface area contributed by atoms with Crippen molar-refractivity contribution in [2.75, 3.05) is 0 Å². The first-order valence-corrected chi connectivity index (χ1v) is 7.70. The maximum atomic E-state index is 6.12. The van der Waals surface area contributed by atoms with E-state index < -0.39 is 0 Å². The summed E-state index contributed by atoms with van der Waals surface area (Å²) in [5.74, 6) is 0. The molecule has 0 aliphatic carbocycles. The number of hydrogen-bond acceptors (Lipinski definition) is 2. The fourth-order valence-corrected chi connectivity index (χ4v) is 2.53. The molecule has 6 heteroatoms. The topological polar surface area (TPSA) is 41.9 Å². The van der Waals surface area contributed by atoms with E-state index in [0.29, 0.717) is 16.7 Å². The molecule has 1 aromatic carbocycles. The first kappa shape index (κ1) is 15.8. The first-order valence-electron chi connectivity index (χ1n) is 6.91. The molecule has 1 aromatic heterocycles. The van der Waals surface area contributed by atoms with Gasteiger partial charge in [-0.25, -0.2) is 0 Å². The van der Waals surface area contributed by atoms with E-state index >= 15 is 0 Å². The quantitative estimate of drug-likeness (QED) is 0.829. The number of rotatable bonds is 5. The third-order valence-electron chi connectivity index (χ3n) is 3.26. The fourth-order valence-electron chi connectivity index (χ4n) is 2.07. The summed E-state index contributed by atoms with van der Waals surface area (Å²) in [6, 6.07) is 10.3. The molecule has 0 saturated heterocycles. The van der Waals surface area contributed by atoms with Gasteiger partial charge in [0.15, 0.2) is 5.11 Å². The molecule has 1 heterocycles. The Morgan fingerprint density at radius 1 is 1.38 bits per heavy atom. The number of thiocarbonyl (C=S) groups is 1. The minimum absolute atomic E-state index is 0.151. The van der Waals surface area contributed by atoms with Gasteiger partial charge in [0.1, 0.15) is 0 Å². The van der Waals surface area contributed by atoms with Crippen LogP contribution in [0.2, 0.25) is 5.02 Å². The van der Waals surface area contributed by atoms with Crippen LogP contribution in [0.25, 0.3) is 0 Å². The largest absolute Gasteiger partial charge is 0.357 e.